The van der Waals surface area contributed by atoms with E-state index in [0.29, 0.717) is 5.13 Å². The van der Waals surface area contributed by atoms with Crippen molar-refractivity contribution in [3.63, 3.8) is 0 Å². The van der Waals surface area contributed by atoms with Crippen molar-refractivity contribution in [1.29, 1.82) is 0 Å². The predicted octanol–water partition coefficient (Wildman–Crippen LogP) is 1.19. The molecular formula is C9H17N3OS. The molecule has 80 valence electrons. The molecule has 0 aromatic carbocycles. The Hall–Kier alpha value is -0.650. The van der Waals surface area contributed by atoms with E-state index >= 15 is 0 Å². The van der Waals surface area contributed by atoms with Gasteiger partial charge in [-0.3, -0.25) is 0 Å². The van der Waals surface area contributed by atoms with Gasteiger partial charge in [0, 0.05) is 32.2 Å². The van der Waals surface area contributed by atoms with E-state index in [1.54, 1.807) is 7.11 Å². The van der Waals surface area contributed by atoms with Crippen LogP contribution in [0.1, 0.15) is 12.1 Å². The molecule has 0 unspecified atom stereocenters. The number of thiazole rings is 1. The molecule has 1 heterocycles. The van der Waals surface area contributed by atoms with Crippen LogP contribution in [0.25, 0.3) is 0 Å². The van der Waals surface area contributed by atoms with Gasteiger partial charge in [0.2, 0.25) is 0 Å². The number of hydrogen-bond acceptors (Lipinski definition) is 5. The van der Waals surface area contributed by atoms with Crippen molar-refractivity contribution in [3.05, 3.63) is 11.1 Å². The van der Waals surface area contributed by atoms with Crippen molar-refractivity contribution in [1.82, 2.24) is 9.88 Å². The van der Waals surface area contributed by atoms with Crippen LogP contribution >= 0.6 is 11.3 Å². The first-order chi connectivity index (χ1) is 6.72. The number of nitrogens with zero attached hydrogens (tertiary/aromatic N) is 2. The number of ether oxygens (including phenoxy) is 1. The molecule has 1 rings (SSSR count). The Labute approximate surface area is 88.7 Å². The second-order valence-corrected chi connectivity index (χ2v) is 4.15. The van der Waals surface area contributed by atoms with Gasteiger partial charge in [-0.25, -0.2) is 4.98 Å². The molecule has 1 aromatic heterocycles. The van der Waals surface area contributed by atoms with E-state index in [1.165, 1.54) is 11.3 Å². The topological polar surface area (TPSA) is 51.4 Å². The zero-order valence-corrected chi connectivity index (χ0v) is 9.51. The molecule has 0 spiro atoms. The van der Waals surface area contributed by atoms with Crippen LogP contribution in [0.15, 0.2) is 5.38 Å². The van der Waals surface area contributed by atoms with E-state index in [0.717, 1.165) is 31.8 Å². The highest BCUT2D eigenvalue weighted by Gasteiger charge is 2.03. The summed E-state index contributed by atoms with van der Waals surface area (Å²) in [5, 5.41) is 2.65. The molecule has 4 nitrogen and oxygen atoms in total. The summed E-state index contributed by atoms with van der Waals surface area (Å²) >= 11 is 1.49. The number of hydrogen-bond donors (Lipinski definition) is 1. The average molecular weight is 215 g/mol. The summed E-state index contributed by atoms with van der Waals surface area (Å²) in [6.07, 6.45) is 1.05. The Bertz CT molecular complexity index is 264. The lowest BCUT2D eigenvalue weighted by Gasteiger charge is -2.14. The fourth-order valence-corrected chi connectivity index (χ4v) is 1.78. The third-order valence-corrected chi connectivity index (χ3v) is 2.61. The van der Waals surface area contributed by atoms with Crippen molar-refractivity contribution in [2.45, 2.75) is 13.0 Å². The molecule has 0 amide bonds. The second-order valence-electron chi connectivity index (χ2n) is 3.26. The van der Waals surface area contributed by atoms with Gasteiger partial charge in [0.05, 0.1) is 5.69 Å². The molecule has 2 N–H and O–H groups in total. The van der Waals surface area contributed by atoms with E-state index in [4.69, 9.17) is 10.5 Å². The van der Waals surface area contributed by atoms with Gasteiger partial charge in [0.1, 0.15) is 0 Å². The summed E-state index contributed by atoms with van der Waals surface area (Å²) < 4.78 is 4.99. The monoisotopic (exact) mass is 215 g/mol. The zero-order chi connectivity index (χ0) is 10.4. The van der Waals surface area contributed by atoms with Crippen LogP contribution < -0.4 is 5.73 Å². The molecule has 0 atom stereocenters. The first-order valence-electron chi connectivity index (χ1n) is 4.59. The van der Waals surface area contributed by atoms with Crippen molar-refractivity contribution in [3.8, 4) is 0 Å². The molecule has 0 aliphatic heterocycles. The smallest absolute Gasteiger partial charge is 0.180 e. The number of rotatable bonds is 6. The Morgan fingerprint density at radius 3 is 3.00 bits per heavy atom. The quantitative estimate of drug-likeness (QED) is 0.724. The molecule has 5 heteroatoms. The van der Waals surface area contributed by atoms with Crippen LogP contribution in [0, 0.1) is 0 Å². The Kier molecular flexibility index (Phi) is 4.86. The third-order valence-electron chi connectivity index (χ3n) is 1.89. The van der Waals surface area contributed by atoms with Crippen molar-refractivity contribution in [2.75, 3.05) is 33.0 Å². The molecule has 0 aliphatic rings. The second kappa shape index (κ2) is 5.95. The van der Waals surface area contributed by atoms with Crippen LogP contribution in [-0.2, 0) is 11.3 Å². The van der Waals surface area contributed by atoms with E-state index in [1.807, 2.05) is 5.38 Å². The van der Waals surface area contributed by atoms with Gasteiger partial charge in [0.15, 0.2) is 5.13 Å². The predicted molar refractivity (Wildman–Crippen MR) is 59.4 cm³/mol. The van der Waals surface area contributed by atoms with Gasteiger partial charge in [-0.1, -0.05) is 0 Å². The summed E-state index contributed by atoms with van der Waals surface area (Å²) in [5.74, 6) is 0. The number of nitrogens with two attached hydrogens (primary N) is 1. The van der Waals surface area contributed by atoms with E-state index in [2.05, 4.69) is 16.9 Å². The largest absolute Gasteiger partial charge is 0.385 e. The maximum Gasteiger partial charge on any atom is 0.180 e. The highest BCUT2D eigenvalue weighted by atomic mass is 32.1. The highest BCUT2D eigenvalue weighted by Crippen LogP contribution is 2.12. The lowest BCUT2D eigenvalue weighted by Crippen LogP contribution is -2.20. The van der Waals surface area contributed by atoms with Crippen molar-refractivity contribution in [2.24, 2.45) is 0 Å². The zero-order valence-electron chi connectivity index (χ0n) is 8.69. The van der Waals surface area contributed by atoms with Crippen LogP contribution in [0.5, 0.6) is 0 Å². The standard InChI is InChI=1S/C9H17N3OS/c1-12(4-3-5-13-2)6-8-7-14-9(10)11-8/h7H,3-6H2,1-2H3,(H2,10,11). The minimum Gasteiger partial charge on any atom is -0.385 e. The van der Waals surface area contributed by atoms with Crippen LogP contribution in [0.2, 0.25) is 0 Å². The van der Waals surface area contributed by atoms with Gasteiger partial charge >= 0.3 is 0 Å². The minimum atomic E-state index is 0.644. The van der Waals surface area contributed by atoms with Crippen LogP contribution in [0.3, 0.4) is 0 Å². The Morgan fingerprint density at radius 2 is 2.43 bits per heavy atom. The van der Waals surface area contributed by atoms with Crippen LogP contribution in [0.4, 0.5) is 5.13 Å². The van der Waals surface area contributed by atoms with E-state index in [9.17, 15) is 0 Å². The molecule has 1 aromatic rings. The maximum absolute atomic E-state index is 5.54. The molecule has 0 saturated heterocycles. The SMILES string of the molecule is COCCCN(C)Cc1csc(N)n1. The summed E-state index contributed by atoms with van der Waals surface area (Å²) in [7, 11) is 3.80. The number of aromatic nitrogens is 1. The number of nitrogen functional groups attached to an aromatic ring is 1. The summed E-state index contributed by atoms with van der Waals surface area (Å²) in [6, 6.07) is 0. The summed E-state index contributed by atoms with van der Waals surface area (Å²) in [6.45, 7) is 2.69. The van der Waals surface area contributed by atoms with Crippen molar-refractivity contribution >= 4 is 16.5 Å². The van der Waals surface area contributed by atoms with Gasteiger partial charge in [-0.15, -0.1) is 11.3 Å². The maximum atomic E-state index is 5.54. The van der Waals surface area contributed by atoms with Gasteiger partial charge in [0.25, 0.3) is 0 Å². The van der Waals surface area contributed by atoms with E-state index < -0.39 is 0 Å². The lowest BCUT2D eigenvalue weighted by molar-refractivity contribution is 0.178. The first kappa shape index (κ1) is 11.4. The Balaban J connectivity index is 2.23. The van der Waals surface area contributed by atoms with Gasteiger partial charge < -0.3 is 15.4 Å². The summed E-state index contributed by atoms with van der Waals surface area (Å²) in [4.78, 5) is 6.42. The minimum absolute atomic E-state index is 0.644. The molecule has 0 saturated carbocycles. The molecule has 0 fully saturated rings. The highest BCUT2D eigenvalue weighted by molar-refractivity contribution is 7.13. The molecule has 0 bridgehead atoms. The molecule has 0 radical (unpaired) electrons. The first-order valence-corrected chi connectivity index (χ1v) is 5.47. The normalized spacial score (nSPS) is 11.1. The van der Waals surface area contributed by atoms with Crippen LogP contribution in [-0.4, -0.2) is 37.2 Å². The Morgan fingerprint density at radius 1 is 1.64 bits per heavy atom. The fourth-order valence-electron chi connectivity index (χ4n) is 1.23. The third kappa shape index (κ3) is 4.04. The van der Waals surface area contributed by atoms with E-state index in [-0.39, 0.29) is 0 Å². The number of methoxy groups -OCH3 is 1. The lowest BCUT2D eigenvalue weighted by atomic mass is 10.4. The van der Waals surface area contributed by atoms with Gasteiger partial charge in [-0.2, -0.15) is 0 Å². The van der Waals surface area contributed by atoms with Crippen molar-refractivity contribution < 1.29 is 4.74 Å². The number of anilines is 1. The molecular weight excluding hydrogens is 198 g/mol. The van der Waals surface area contributed by atoms with Gasteiger partial charge in [-0.05, 0) is 13.5 Å². The fraction of sp³-hybridized carbons (Fsp3) is 0.667. The average Bonchev–Trinajstić information content (AvgIpc) is 2.52. The summed E-state index contributed by atoms with van der Waals surface area (Å²) in [5.41, 5.74) is 6.59. The molecule has 14 heavy (non-hydrogen) atoms. The molecule has 0 aliphatic carbocycles.